The van der Waals surface area contributed by atoms with Crippen molar-refractivity contribution in [1.29, 1.82) is 0 Å². The van der Waals surface area contributed by atoms with E-state index in [1.165, 1.54) is 18.9 Å². The summed E-state index contributed by atoms with van der Waals surface area (Å²) in [7, 11) is 1.50. The van der Waals surface area contributed by atoms with Crippen molar-refractivity contribution in [2.24, 2.45) is 0 Å². The summed E-state index contributed by atoms with van der Waals surface area (Å²) in [5.74, 6) is -0.618. The van der Waals surface area contributed by atoms with Gasteiger partial charge in [0.05, 0.1) is 12.1 Å². The molecule has 4 heteroatoms. The minimum absolute atomic E-state index is 0.469. The second-order valence-corrected chi connectivity index (χ2v) is 4.16. The quantitative estimate of drug-likeness (QED) is 0.872. The first-order valence-corrected chi connectivity index (χ1v) is 5.59. The van der Waals surface area contributed by atoms with Crippen LogP contribution in [0, 0.1) is 0 Å². The van der Waals surface area contributed by atoms with Crippen molar-refractivity contribution in [2.75, 3.05) is 7.05 Å². The zero-order chi connectivity index (χ0) is 13.0. The largest absolute Gasteiger partial charge is 0.386 e. The smallest absolute Gasteiger partial charge is 0.256 e. The Labute approximate surface area is 101 Å². The molecule has 0 aliphatic heterocycles. The second kappa shape index (κ2) is 5.77. The van der Waals surface area contributed by atoms with Gasteiger partial charge in [-0.25, -0.2) is 4.39 Å². The maximum atomic E-state index is 12.9. The maximum Gasteiger partial charge on any atom is 0.256 e. The van der Waals surface area contributed by atoms with Gasteiger partial charge in [0.15, 0.2) is 6.17 Å². The van der Waals surface area contributed by atoms with E-state index in [0.29, 0.717) is 5.56 Å². The van der Waals surface area contributed by atoms with Gasteiger partial charge in [-0.05, 0) is 19.4 Å². The predicted octanol–water partition coefficient (Wildman–Crippen LogP) is 1.92. The van der Waals surface area contributed by atoms with E-state index >= 15 is 0 Å². The number of nitrogens with zero attached hydrogens (tertiary/aromatic N) is 1. The van der Waals surface area contributed by atoms with Crippen LogP contribution in [0.2, 0.25) is 0 Å². The molecule has 1 aromatic carbocycles. The number of rotatable bonds is 4. The molecule has 0 spiro atoms. The van der Waals surface area contributed by atoms with Gasteiger partial charge in [-0.2, -0.15) is 0 Å². The van der Waals surface area contributed by atoms with E-state index in [0.717, 1.165) is 0 Å². The number of halogens is 1. The number of hydrogen-bond donors (Lipinski definition) is 1. The van der Waals surface area contributed by atoms with Gasteiger partial charge in [0, 0.05) is 7.05 Å². The van der Waals surface area contributed by atoms with Crippen LogP contribution in [0.15, 0.2) is 30.3 Å². The van der Waals surface area contributed by atoms with E-state index in [1.807, 2.05) is 18.2 Å². The van der Waals surface area contributed by atoms with Crippen LogP contribution >= 0.6 is 0 Å². The third-order valence-electron chi connectivity index (χ3n) is 2.90. The van der Waals surface area contributed by atoms with Crippen molar-refractivity contribution in [1.82, 2.24) is 4.90 Å². The Bertz CT molecular complexity index is 367. The average molecular weight is 239 g/mol. The first-order valence-electron chi connectivity index (χ1n) is 5.59. The maximum absolute atomic E-state index is 12.9. The third-order valence-corrected chi connectivity index (χ3v) is 2.90. The number of likely N-dealkylation sites (N-methyl/N-ethyl adjacent to an activating group) is 1. The molecule has 0 aromatic heterocycles. The molecule has 3 atom stereocenters. The average Bonchev–Trinajstić information content (AvgIpc) is 2.36. The van der Waals surface area contributed by atoms with Crippen LogP contribution in [-0.4, -0.2) is 35.2 Å². The highest BCUT2D eigenvalue weighted by atomic mass is 19.1. The minimum Gasteiger partial charge on any atom is -0.386 e. The van der Waals surface area contributed by atoms with Gasteiger partial charge >= 0.3 is 0 Å². The molecule has 94 valence electrons. The Hall–Kier alpha value is -1.42. The highest BCUT2D eigenvalue weighted by molar-refractivity contribution is 5.80. The molecule has 0 bridgehead atoms. The molecule has 0 aliphatic carbocycles. The summed E-state index contributed by atoms with van der Waals surface area (Å²) in [6.07, 6.45) is -2.37. The molecule has 0 saturated heterocycles. The molecule has 1 aromatic rings. The lowest BCUT2D eigenvalue weighted by Crippen LogP contribution is -2.42. The fourth-order valence-electron chi connectivity index (χ4n) is 1.62. The Balaban J connectivity index is 2.76. The first kappa shape index (κ1) is 13.6. The summed E-state index contributed by atoms with van der Waals surface area (Å²) < 4.78 is 12.9. The number of alkyl halides is 1. The van der Waals surface area contributed by atoms with E-state index in [9.17, 15) is 14.3 Å². The Kier molecular flexibility index (Phi) is 4.63. The normalized spacial score (nSPS) is 16.1. The van der Waals surface area contributed by atoms with Gasteiger partial charge in [-0.3, -0.25) is 4.79 Å². The molecular formula is C13H18FNO2. The van der Waals surface area contributed by atoms with Gasteiger partial charge in [0.1, 0.15) is 0 Å². The van der Waals surface area contributed by atoms with Gasteiger partial charge in [0.25, 0.3) is 5.91 Å². The lowest BCUT2D eigenvalue weighted by molar-refractivity contribution is -0.138. The Morgan fingerprint density at radius 3 is 2.29 bits per heavy atom. The monoisotopic (exact) mass is 239 g/mol. The number of aliphatic hydroxyl groups excluding tert-OH is 1. The Morgan fingerprint density at radius 1 is 1.29 bits per heavy atom. The van der Waals surface area contributed by atoms with Crippen molar-refractivity contribution in [2.45, 2.75) is 32.2 Å². The van der Waals surface area contributed by atoms with Crippen LogP contribution in [0.1, 0.15) is 25.5 Å². The lowest BCUT2D eigenvalue weighted by Gasteiger charge is -2.29. The lowest BCUT2D eigenvalue weighted by atomic mass is 10.0. The molecule has 0 saturated carbocycles. The summed E-state index contributed by atoms with van der Waals surface area (Å²) in [6, 6.07) is 8.55. The summed E-state index contributed by atoms with van der Waals surface area (Å²) in [4.78, 5) is 12.7. The molecule has 1 amide bonds. The molecule has 3 nitrogen and oxygen atoms in total. The van der Waals surface area contributed by atoms with Crippen LogP contribution in [-0.2, 0) is 4.79 Å². The number of carbonyl (C=O) groups is 1. The highest BCUT2D eigenvalue weighted by Crippen LogP contribution is 2.20. The van der Waals surface area contributed by atoms with Gasteiger partial charge in [-0.1, -0.05) is 30.3 Å². The number of aliphatic hydroxyl groups is 1. The predicted molar refractivity (Wildman–Crippen MR) is 64.2 cm³/mol. The first-order chi connectivity index (χ1) is 7.95. The molecule has 1 N–H and O–H groups in total. The number of amides is 1. The van der Waals surface area contributed by atoms with Crippen LogP contribution in [0.3, 0.4) is 0 Å². The molecule has 17 heavy (non-hydrogen) atoms. The minimum atomic E-state index is -1.55. The molecular weight excluding hydrogens is 221 g/mol. The van der Waals surface area contributed by atoms with Crippen molar-refractivity contribution in [3.8, 4) is 0 Å². The van der Waals surface area contributed by atoms with E-state index in [-0.39, 0.29) is 0 Å². The van der Waals surface area contributed by atoms with Crippen molar-refractivity contribution >= 4 is 5.91 Å². The fourth-order valence-corrected chi connectivity index (χ4v) is 1.62. The van der Waals surface area contributed by atoms with Gasteiger partial charge < -0.3 is 10.0 Å². The van der Waals surface area contributed by atoms with E-state index in [1.54, 1.807) is 19.1 Å². The molecule has 0 fully saturated rings. The van der Waals surface area contributed by atoms with Crippen molar-refractivity contribution in [3.63, 3.8) is 0 Å². The van der Waals surface area contributed by atoms with Crippen LogP contribution in [0.4, 0.5) is 4.39 Å². The molecule has 1 rings (SSSR count). The topological polar surface area (TPSA) is 40.5 Å². The third kappa shape index (κ3) is 3.27. The van der Waals surface area contributed by atoms with Crippen molar-refractivity contribution in [3.05, 3.63) is 35.9 Å². The summed E-state index contributed by atoms with van der Waals surface area (Å²) >= 11 is 0. The van der Waals surface area contributed by atoms with E-state index in [2.05, 4.69) is 0 Å². The van der Waals surface area contributed by atoms with Gasteiger partial charge in [-0.15, -0.1) is 0 Å². The van der Waals surface area contributed by atoms with Gasteiger partial charge in [0.2, 0.25) is 0 Å². The molecule has 0 aliphatic rings. The second-order valence-electron chi connectivity index (χ2n) is 4.16. The van der Waals surface area contributed by atoms with Crippen LogP contribution in [0.25, 0.3) is 0 Å². The fraction of sp³-hybridized carbons (Fsp3) is 0.462. The van der Waals surface area contributed by atoms with Crippen LogP contribution < -0.4 is 0 Å². The SMILES string of the molecule is CC(F)C(=O)N(C)[C@@H](C)[C@@H](O)c1ccccc1. The molecule has 1 unspecified atom stereocenters. The molecule has 0 radical (unpaired) electrons. The molecule has 0 heterocycles. The zero-order valence-corrected chi connectivity index (χ0v) is 10.3. The highest BCUT2D eigenvalue weighted by Gasteiger charge is 2.26. The number of benzene rings is 1. The van der Waals surface area contributed by atoms with E-state index < -0.39 is 24.2 Å². The summed E-state index contributed by atoms with van der Waals surface area (Å²) in [5, 5.41) is 10.1. The number of hydrogen-bond acceptors (Lipinski definition) is 2. The zero-order valence-electron chi connectivity index (χ0n) is 10.3. The number of carbonyl (C=O) groups excluding carboxylic acids is 1. The van der Waals surface area contributed by atoms with Crippen molar-refractivity contribution < 1.29 is 14.3 Å². The summed E-state index contributed by atoms with van der Waals surface area (Å²) in [5.41, 5.74) is 0.714. The van der Waals surface area contributed by atoms with Crippen LogP contribution in [0.5, 0.6) is 0 Å². The van der Waals surface area contributed by atoms with E-state index in [4.69, 9.17) is 0 Å². The standard InChI is InChI=1S/C13H18FNO2/c1-9(14)13(17)15(3)10(2)12(16)11-7-5-4-6-8-11/h4-10,12,16H,1-3H3/t9?,10-,12+/m0/s1. The summed E-state index contributed by atoms with van der Waals surface area (Å²) in [6.45, 7) is 2.89. The Morgan fingerprint density at radius 2 is 1.82 bits per heavy atom.